The summed E-state index contributed by atoms with van der Waals surface area (Å²) in [6.45, 7) is 0. The van der Waals surface area contributed by atoms with Gasteiger partial charge in [0.25, 0.3) is 0 Å². The molecule has 0 saturated heterocycles. The molecule has 1 N–H and O–H groups in total. The summed E-state index contributed by atoms with van der Waals surface area (Å²) in [6, 6.07) is 0. The Labute approximate surface area is 84.4 Å². The van der Waals surface area contributed by atoms with Crippen molar-refractivity contribution in [3.05, 3.63) is 0 Å². The van der Waals surface area contributed by atoms with Crippen LogP contribution in [0.5, 0.6) is 0 Å². The van der Waals surface area contributed by atoms with Crippen LogP contribution in [0.4, 0.5) is 0 Å². The summed E-state index contributed by atoms with van der Waals surface area (Å²) in [5, 5.41) is 9.65. The van der Waals surface area contributed by atoms with E-state index in [4.69, 9.17) is 8.25 Å². The molecule has 0 aromatic rings. The minimum atomic E-state index is -1.17. The summed E-state index contributed by atoms with van der Waals surface area (Å²) in [7, 11) is 5.96. The third-order valence-electron chi connectivity index (χ3n) is 2.57. The first kappa shape index (κ1) is 10.3. The van der Waals surface area contributed by atoms with Gasteiger partial charge in [-0.05, 0) is 0 Å². The van der Waals surface area contributed by atoms with Gasteiger partial charge >= 0.3 is 84.8 Å². The van der Waals surface area contributed by atoms with Crippen LogP contribution in [0, 0.1) is 0 Å². The standard InChI is InChI=1S/C8H15O.ClH.Hg/c9-8-6-4-2-1-3-5-7-8;;/h6,8-9H,1-5,7H2;1H;/q;;+1/p-1. The molecule has 3 heteroatoms. The van der Waals surface area contributed by atoms with E-state index in [2.05, 4.69) is 0 Å². The Kier molecular flexibility index (Phi) is 5.38. The first-order chi connectivity index (χ1) is 5.34. The van der Waals surface area contributed by atoms with E-state index in [1.54, 1.807) is 0 Å². The van der Waals surface area contributed by atoms with E-state index < -0.39 is 23.3 Å². The summed E-state index contributed by atoms with van der Waals surface area (Å²) in [6.07, 6.45) is 7.37. The van der Waals surface area contributed by atoms with Gasteiger partial charge in [0.15, 0.2) is 0 Å². The van der Waals surface area contributed by atoms with Crippen molar-refractivity contribution in [2.45, 2.75) is 48.1 Å². The molecule has 1 fully saturated rings. The molecule has 0 bridgehead atoms. The van der Waals surface area contributed by atoms with E-state index in [0.717, 1.165) is 6.42 Å². The first-order valence-corrected chi connectivity index (χ1v) is 14.5. The third-order valence-corrected chi connectivity index (χ3v) is 11.3. The van der Waals surface area contributed by atoms with Gasteiger partial charge in [-0.1, -0.05) is 0 Å². The van der Waals surface area contributed by atoms with E-state index in [1.807, 2.05) is 0 Å². The molecule has 1 saturated carbocycles. The normalized spacial score (nSPS) is 33.6. The van der Waals surface area contributed by atoms with Crippen molar-refractivity contribution in [1.82, 2.24) is 0 Å². The van der Waals surface area contributed by atoms with Crippen molar-refractivity contribution < 1.29 is 28.4 Å². The molecule has 2 atom stereocenters. The first-order valence-electron chi connectivity index (χ1n) is 4.58. The Morgan fingerprint density at radius 1 is 1.09 bits per heavy atom. The second-order valence-corrected chi connectivity index (χ2v) is 11.5. The Balaban J connectivity index is 2.33. The molecule has 62 valence electrons. The summed E-state index contributed by atoms with van der Waals surface area (Å²) < 4.78 is 0.581. The zero-order valence-electron chi connectivity index (χ0n) is 6.93. The van der Waals surface area contributed by atoms with Gasteiger partial charge < -0.3 is 0 Å². The quantitative estimate of drug-likeness (QED) is 0.711. The fraction of sp³-hybridized carbons (Fsp3) is 1.00. The maximum absolute atomic E-state index is 9.65. The summed E-state index contributed by atoms with van der Waals surface area (Å²) in [5.74, 6) is 0. The number of hydrogen-bond acceptors (Lipinski definition) is 1. The molecule has 0 aromatic heterocycles. The molecule has 0 aromatic carbocycles. The van der Waals surface area contributed by atoms with Crippen molar-refractivity contribution in [1.29, 1.82) is 0 Å². The van der Waals surface area contributed by atoms with Crippen molar-refractivity contribution in [3.8, 4) is 0 Å². The molecule has 1 rings (SSSR count). The second-order valence-electron chi connectivity index (χ2n) is 3.47. The Bertz CT molecular complexity index is 110. The minimum absolute atomic E-state index is 0.0329. The predicted octanol–water partition coefficient (Wildman–Crippen LogP) is 2.73. The van der Waals surface area contributed by atoms with Gasteiger partial charge in [0.05, 0.1) is 0 Å². The van der Waals surface area contributed by atoms with Crippen molar-refractivity contribution in [2.24, 2.45) is 0 Å². The molecule has 1 aliphatic carbocycles. The van der Waals surface area contributed by atoms with Crippen molar-refractivity contribution in [2.75, 3.05) is 0 Å². The average molecular weight is 363 g/mol. The van der Waals surface area contributed by atoms with Crippen molar-refractivity contribution in [3.63, 3.8) is 0 Å². The van der Waals surface area contributed by atoms with Crippen LogP contribution in [-0.2, 0) is 23.3 Å². The number of halogens is 1. The van der Waals surface area contributed by atoms with Crippen LogP contribution in [0.2, 0.25) is 3.43 Å². The Hall–Kier alpha value is 1.19. The van der Waals surface area contributed by atoms with Crippen LogP contribution in [0.3, 0.4) is 0 Å². The molecule has 0 amide bonds. The average Bonchev–Trinajstić information content (AvgIpc) is 1.98. The molecule has 0 radical (unpaired) electrons. The summed E-state index contributed by atoms with van der Waals surface area (Å²) in [5.41, 5.74) is 0. The predicted molar refractivity (Wildman–Crippen MR) is 43.3 cm³/mol. The molecular formula is C8H15ClHgO. The van der Waals surface area contributed by atoms with Gasteiger partial charge in [0, 0.05) is 0 Å². The molecule has 1 aliphatic rings. The molecule has 0 heterocycles. The van der Waals surface area contributed by atoms with Gasteiger partial charge in [-0.25, -0.2) is 0 Å². The number of rotatable bonds is 1. The summed E-state index contributed by atoms with van der Waals surface area (Å²) >= 11 is -1.17. The van der Waals surface area contributed by atoms with Crippen LogP contribution < -0.4 is 0 Å². The third kappa shape index (κ3) is 3.60. The van der Waals surface area contributed by atoms with E-state index in [9.17, 15) is 5.11 Å². The van der Waals surface area contributed by atoms with E-state index in [-0.39, 0.29) is 6.10 Å². The zero-order valence-corrected chi connectivity index (χ0v) is 13.2. The van der Waals surface area contributed by atoms with Crippen LogP contribution in [-0.4, -0.2) is 11.2 Å². The SMILES string of the molecule is OC1CCCCCC[CH]1[Hg][Cl]. The molecular weight excluding hydrogens is 348 g/mol. The van der Waals surface area contributed by atoms with Crippen LogP contribution in [0.25, 0.3) is 0 Å². The fourth-order valence-electron chi connectivity index (χ4n) is 1.72. The number of aliphatic hydroxyl groups is 1. The van der Waals surface area contributed by atoms with Gasteiger partial charge in [0.2, 0.25) is 0 Å². The second kappa shape index (κ2) is 5.77. The van der Waals surface area contributed by atoms with Crippen LogP contribution in [0.15, 0.2) is 0 Å². The van der Waals surface area contributed by atoms with Gasteiger partial charge in [-0.3, -0.25) is 0 Å². The maximum atomic E-state index is 9.65. The van der Waals surface area contributed by atoms with E-state index in [1.165, 1.54) is 32.1 Å². The Morgan fingerprint density at radius 2 is 1.73 bits per heavy atom. The molecule has 2 unspecified atom stereocenters. The van der Waals surface area contributed by atoms with E-state index >= 15 is 0 Å². The summed E-state index contributed by atoms with van der Waals surface area (Å²) in [4.78, 5) is 0. The van der Waals surface area contributed by atoms with Gasteiger partial charge in [-0.2, -0.15) is 0 Å². The van der Waals surface area contributed by atoms with Crippen LogP contribution in [0.1, 0.15) is 38.5 Å². The number of aliphatic hydroxyl groups excluding tert-OH is 1. The molecule has 1 nitrogen and oxygen atoms in total. The number of hydrogen-bond donors (Lipinski definition) is 1. The van der Waals surface area contributed by atoms with E-state index in [0.29, 0.717) is 3.43 Å². The monoisotopic (exact) mass is 364 g/mol. The Morgan fingerprint density at radius 3 is 2.36 bits per heavy atom. The topological polar surface area (TPSA) is 20.2 Å². The zero-order chi connectivity index (χ0) is 8.10. The van der Waals surface area contributed by atoms with Gasteiger partial charge in [-0.15, -0.1) is 0 Å². The van der Waals surface area contributed by atoms with Gasteiger partial charge in [0.1, 0.15) is 0 Å². The molecule has 0 spiro atoms. The van der Waals surface area contributed by atoms with Crippen LogP contribution >= 0.6 is 8.25 Å². The molecule has 11 heavy (non-hydrogen) atoms. The molecule has 0 aliphatic heterocycles. The van der Waals surface area contributed by atoms with Crippen molar-refractivity contribution >= 4 is 8.25 Å². The fourth-order valence-corrected chi connectivity index (χ4v) is 8.32.